The fourth-order valence-corrected chi connectivity index (χ4v) is 1.77. The van der Waals surface area contributed by atoms with E-state index in [2.05, 4.69) is 5.32 Å². The molecule has 1 amide bonds. The summed E-state index contributed by atoms with van der Waals surface area (Å²) in [5.74, 6) is 0.00408. The van der Waals surface area contributed by atoms with Gasteiger partial charge in [-0.2, -0.15) is 0 Å². The number of halogens is 2. The van der Waals surface area contributed by atoms with Crippen LogP contribution in [0.15, 0.2) is 24.3 Å². The van der Waals surface area contributed by atoms with E-state index in [1.54, 1.807) is 6.07 Å². The zero-order valence-electron chi connectivity index (χ0n) is 11.4. The van der Waals surface area contributed by atoms with Gasteiger partial charge in [-0.15, -0.1) is 12.4 Å². The highest BCUT2D eigenvalue weighted by molar-refractivity contribution is 5.85. The largest absolute Gasteiger partial charge is 0.354 e. The number of rotatable bonds is 6. The maximum absolute atomic E-state index is 12.9. The zero-order chi connectivity index (χ0) is 13.5. The van der Waals surface area contributed by atoms with Crippen LogP contribution in [-0.4, -0.2) is 18.5 Å². The molecule has 0 bridgehead atoms. The second-order valence-electron chi connectivity index (χ2n) is 4.91. The highest BCUT2D eigenvalue weighted by Crippen LogP contribution is 2.04. The topological polar surface area (TPSA) is 55.1 Å². The lowest BCUT2D eigenvalue weighted by Gasteiger charge is -2.14. The third-order valence-corrected chi connectivity index (χ3v) is 2.66. The van der Waals surface area contributed by atoms with Crippen LogP contribution in [0.4, 0.5) is 4.39 Å². The highest BCUT2D eigenvalue weighted by atomic mass is 35.5. The van der Waals surface area contributed by atoms with Crippen molar-refractivity contribution >= 4 is 18.3 Å². The van der Waals surface area contributed by atoms with Gasteiger partial charge in [-0.25, -0.2) is 4.39 Å². The highest BCUT2D eigenvalue weighted by Gasteiger charge is 2.13. The minimum Gasteiger partial charge on any atom is -0.354 e. The Morgan fingerprint density at radius 2 is 2.11 bits per heavy atom. The molecule has 0 saturated heterocycles. The summed E-state index contributed by atoms with van der Waals surface area (Å²) in [6.07, 6.45) is 1.28. The van der Waals surface area contributed by atoms with Crippen molar-refractivity contribution in [3.05, 3.63) is 35.6 Å². The van der Waals surface area contributed by atoms with E-state index in [0.29, 0.717) is 25.3 Å². The number of nitrogens with one attached hydrogen (secondary N) is 1. The van der Waals surface area contributed by atoms with Gasteiger partial charge in [-0.3, -0.25) is 4.79 Å². The normalized spacial score (nSPS) is 11.8. The molecule has 0 heterocycles. The summed E-state index contributed by atoms with van der Waals surface area (Å²) >= 11 is 0. The minimum absolute atomic E-state index is 0. The van der Waals surface area contributed by atoms with Crippen molar-refractivity contribution in [2.24, 2.45) is 11.7 Å². The van der Waals surface area contributed by atoms with Gasteiger partial charge in [0.1, 0.15) is 5.82 Å². The second-order valence-corrected chi connectivity index (χ2v) is 4.91. The van der Waals surface area contributed by atoms with Crippen molar-refractivity contribution < 1.29 is 9.18 Å². The van der Waals surface area contributed by atoms with E-state index in [1.165, 1.54) is 12.1 Å². The van der Waals surface area contributed by atoms with Gasteiger partial charge < -0.3 is 11.1 Å². The van der Waals surface area contributed by atoms with E-state index in [0.717, 1.165) is 5.56 Å². The summed E-state index contributed by atoms with van der Waals surface area (Å²) in [6, 6.07) is 5.92. The predicted molar refractivity (Wildman–Crippen MR) is 77.8 cm³/mol. The van der Waals surface area contributed by atoms with Crippen molar-refractivity contribution in [2.45, 2.75) is 32.7 Å². The van der Waals surface area contributed by atoms with Crippen LogP contribution in [0.25, 0.3) is 0 Å². The number of carbonyl (C=O) groups is 1. The molecule has 0 saturated carbocycles. The average Bonchev–Trinajstić information content (AvgIpc) is 2.28. The van der Waals surface area contributed by atoms with Crippen molar-refractivity contribution in [3.8, 4) is 0 Å². The summed E-state index contributed by atoms with van der Waals surface area (Å²) in [4.78, 5) is 11.6. The first kappa shape index (κ1) is 17.9. The Morgan fingerprint density at radius 1 is 1.42 bits per heavy atom. The molecule has 19 heavy (non-hydrogen) atoms. The molecule has 1 rings (SSSR count). The zero-order valence-corrected chi connectivity index (χ0v) is 12.2. The molecule has 0 radical (unpaired) electrons. The van der Waals surface area contributed by atoms with E-state index >= 15 is 0 Å². The van der Waals surface area contributed by atoms with Crippen LogP contribution in [0.2, 0.25) is 0 Å². The molecule has 108 valence electrons. The fraction of sp³-hybridized carbons (Fsp3) is 0.500. The van der Waals surface area contributed by atoms with Gasteiger partial charge in [0.15, 0.2) is 0 Å². The molecule has 0 aliphatic heterocycles. The molecule has 1 atom stereocenters. The van der Waals surface area contributed by atoms with E-state index in [-0.39, 0.29) is 24.1 Å². The molecule has 1 aromatic carbocycles. The molecular weight excluding hydrogens is 267 g/mol. The summed E-state index contributed by atoms with van der Waals surface area (Å²) in [6.45, 7) is 4.54. The molecule has 0 aliphatic carbocycles. The third-order valence-electron chi connectivity index (χ3n) is 2.66. The van der Waals surface area contributed by atoms with Crippen molar-refractivity contribution in [3.63, 3.8) is 0 Å². The third kappa shape index (κ3) is 7.13. The van der Waals surface area contributed by atoms with Crippen LogP contribution in [-0.2, 0) is 11.2 Å². The number of benzene rings is 1. The standard InChI is InChI=1S/C14H21FN2O.ClH/c1-10(2)8-13(16)14(18)17-7-6-11-4-3-5-12(15)9-11;/h3-5,9-10,13H,6-8,16H2,1-2H3,(H,17,18);1H/t13-;/m0./s1. The van der Waals surface area contributed by atoms with Crippen LogP contribution in [0.5, 0.6) is 0 Å². The SMILES string of the molecule is CC(C)C[C@H](N)C(=O)NCCc1cccc(F)c1.Cl. The van der Waals surface area contributed by atoms with E-state index < -0.39 is 6.04 Å². The van der Waals surface area contributed by atoms with Crippen LogP contribution in [0.1, 0.15) is 25.8 Å². The average molecular weight is 289 g/mol. The molecule has 1 aromatic rings. The summed E-state index contributed by atoms with van der Waals surface area (Å²) in [7, 11) is 0. The number of hydrogen-bond acceptors (Lipinski definition) is 2. The molecule has 0 unspecified atom stereocenters. The quantitative estimate of drug-likeness (QED) is 0.844. The number of nitrogens with two attached hydrogens (primary N) is 1. The van der Waals surface area contributed by atoms with E-state index in [1.807, 2.05) is 19.9 Å². The molecule has 5 heteroatoms. The Bertz CT molecular complexity index is 399. The molecule has 3 N–H and O–H groups in total. The lowest BCUT2D eigenvalue weighted by atomic mass is 10.0. The van der Waals surface area contributed by atoms with Crippen LogP contribution >= 0.6 is 12.4 Å². The van der Waals surface area contributed by atoms with Gasteiger partial charge in [0.05, 0.1) is 6.04 Å². The van der Waals surface area contributed by atoms with Crippen LogP contribution < -0.4 is 11.1 Å². The molecule has 3 nitrogen and oxygen atoms in total. The summed E-state index contributed by atoms with van der Waals surface area (Å²) in [5.41, 5.74) is 6.62. The Labute approximate surface area is 120 Å². The van der Waals surface area contributed by atoms with Crippen LogP contribution in [0.3, 0.4) is 0 Å². The molecule has 0 aliphatic rings. The smallest absolute Gasteiger partial charge is 0.236 e. The Balaban J connectivity index is 0.00000324. The van der Waals surface area contributed by atoms with Gasteiger partial charge in [0.25, 0.3) is 0 Å². The van der Waals surface area contributed by atoms with Gasteiger partial charge in [0, 0.05) is 6.54 Å². The first-order valence-electron chi connectivity index (χ1n) is 6.26. The van der Waals surface area contributed by atoms with E-state index in [4.69, 9.17) is 5.73 Å². The summed E-state index contributed by atoms with van der Waals surface area (Å²) < 4.78 is 12.9. The minimum atomic E-state index is -0.461. The lowest BCUT2D eigenvalue weighted by molar-refractivity contribution is -0.122. The van der Waals surface area contributed by atoms with Crippen LogP contribution in [0, 0.1) is 11.7 Å². The molecule has 0 aromatic heterocycles. The van der Waals surface area contributed by atoms with Crippen molar-refractivity contribution in [1.82, 2.24) is 5.32 Å². The monoisotopic (exact) mass is 288 g/mol. The Kier molecular flexibility index (Phi) is 8.35. The van der Waals surface area contributed by atoms with Crippen molar-refractivity contribution in [1.29, 1.82) is 0 Å². The molecule has 0 spiro atoms. The van der Waals surface area contributed by atoms with Gasteiger partial charge in [0.2, 0.25) is 5.91 Å². The van der Waals surface area contributed by atoms with Gasteiger partial charge in [-0.1, -0.05) is 26.0 Å². The Hall–Kier alpha value is -1.13. The molecular formula is C14H22ClFN2O. The number of carbonyl (C=O) groups excluding carboxylic acids is 1. The van der Waals surface area contributed by atoms with Gasteiger partial charge >= 0.3 is 0 Å². The second kappa shape index (κ2) is 8.88. The summed E-state index contributed by atoms with van der Waals surface area (Å²) in [5, 5.41) is 2.77. The number of amides is 1. The van der Waals surface area contributed by atoms with Gasteiger partial charge in [-0.05, 0) is 36.5 Å². The van der Waals surface area contributed by atoms with E-state index in [9.17, 15) is 9.18 Å². The first-order chi connectivity index (χ1) is 8.49. The fourth-order valence-electron chi connectivity index (χ4n) is 1.77. The number of hydrogen-bond donors (Lipinski definition) is 2. The Morgan fingerprint density at radius 3 is 2.68 bits per heavy atom. The first-order valence-corrected chi connectivity index (χ1v) is 6.26. The lowest BCUT2D eigenvalue weighted by Crippen LogP contribution is -2.42. The predicted octanol–water partition coefficient (Wildman–Crippen LogP) is 2.28. The molecule has 0 fully saturated rings. The van der Waals surface area contributed by atoms with Crippen molar-refractivity contribution in [2.75, 3.05) is 6.54 Å². The maximum atomic E-state index is 12.9. The maximum Gasteiger partial charge on any atom is 0.236 e.